The van der Waals surface area contributed by atoms with Gasteiger partial charge in [-0.1, -0.05) is 6.92 Å². The van der Waals surface area contributed by atoms with Crippen molar-refractivity contribution in [2.24, 2.45) is 5.92 Å². The number of nitrogens with zero attached hydrogens (tertiary/aromatic N) is 1. The van der Waals surface area contributed by atoms with Gasteiger partial charge in [0.05, 0.1) is 22.6 Å². The van der Waals surface area contributed by atoms with Crippen molar-refractivity contribution in [1.29, 1.82) is 0 Å². The summed E-state index contributed by atoms with van der Waals surface area (Å²) in [7, 11) is 0. The van der Waals surface area contributed by atoms with Gasteiger partial charge in [0, 0.05) is 12.7 Å². The number of rotatable bonds is 7. The van der Waals surface area contributed by atoms with Crippen LogP contribution in [0.5, 0.6) is 0 Å². The minimum Gasteiger partial charge on any atom is -0.396 e. The molecule has 0 saturated carbocycles. The average molecular weight is 258 g/mol. The summed E-state index contributed by atoms with van der Waals surface area (Å²) in [4.78, 5) is 24.1. The van der Waals surface area contributed by atoms with E-state index in [-0.39, 0.29) is 35.4 Å². The van der Waals surface area contributed by atoms with Crippen molar-refractivity contribution in [2.45, 2.75) is 6.92 Å². The van der Waals surface area contributed by atoms with Crippen LogP contribution in [0.4, 0.5) is 5.69 Å². The highest BCUT2D eigenvalue weighted by atomic mass is 32.2. The average Bonchev–Trinajstić information content (AvgIpc) is 2.78. The van der Waals surface area contributed by atoms with Crippen molar-refractivity contribution in [1.82, 2.24) is 4.98 Å². The van der Waals surface area contributed by atoms with Crippen LogP contribution in [0.25, 0.3) is 0 Å². The van der Waals surface area contributed by atoms with Crippen LogP contribution < -0.4 is 0 Å². The number of thioether (sulfide) groups is 1. The summed E-state index contributed by atoms with van der Waals surface area (Å²) < 4.78 is 0. The second-order valence-corrected chi connectivity index (χ2v) is 4.78. The third-order valence-electron chi connectivity index (χ3n) is 2.13. The largest absolute Gasteiger partial charge is 0.396 e. The molecule has 0 fully saturated rings. The van der Waals surface area contributed by atoms with Crippen molar-refractivity contribution in [2.75, 3.05) is 18.1 Å². The summed E-state index contributed by atoms with van der Waals surface area (Å²) in [5.74, 6) is 0.909. The van der Waals surface area contributed by atoms with Gasteiger partial charge >= 0.3 is 0 Å². The number of hydrogen-bond acceptors (Lipinski definition) is 5. The lowest BCUT2D eigenvalue weighted by Crippen LogP contribution is -2.08. The molecule has 1 heterocycles. The minimum absolute atomic E-state index is 0.0924. The van der Waals surface area contributed by atoms with E-state index in [1.165, 1.54) is 24.0 Å². The molecular formula is C10H14N2O4S. The van der Waals surface area contributed by atoms with Crippen LogP contribution in [0.2, 0.25) is 0 Å². The number of nitro groups is 1. The summed E-state index contributed by atoms with van der Waals surface area (Å²) in [5.41, 5.74) is 0.142. The number of carbonyl (C=O) groups excluding carboxylic acids is 1. The normalized spacial score (nSPS) is 12.4. The number of H-pyrrole nitrogens is 1. The van der Waals surface area contributed by atoms with E-state index in [0.29, 0.717) is 5.75 Å². The summed E-state index contributed by atoms with van der Waals surface area (Å²) in [6, 6.07) is 1.23. The Morgan fingerprint density at radius 3 is 2.94 bits per heavy atom. The second-order valence-electron chi connectivity index (χ2n) is 3.75. The van der Waals surface area contributed by atoms with Crippen molar-refractivity contribution in [3.63, 3.8) is 0 Å². The first-order valence-corrected chi connectivity index (χ1v) is 6.24. The number of aromatic nitrogens is 1. The molecular weight excluding hydrogens is 244 g/mol. The number of hydrogen-bond donors (Lipinski definition) is 2. The van der Waals surface area contributed by atoms with Crippen molar-refractivity contribution in [3.05, 3.63) is 28.1 Å². The molecule has 0 saturated heterocycles. The lowest BCUT2D eigenvalue weighted by Gasteiger charge is -2.05. The molecule has 0 radical (unpaired) electrons. The fourth-order valence-electron chi connectivity index (χ4n) is 1.13. The van der Waals surface area contributed by atoms with Gasteiger partial charge in [0.1, 0.15) is 0 Å². The second kappa shape index (κ2) is 6.41. The summed E-state index contributed by atoms with van der Waals surface area (Å²) in [6.07, 6.45) is 1.20. The van der Waals surface area contributed by atoms with Gasteiger partial charge in [0.2, 0.25) is 0 Å². The molecule has 1 aromatic rings. The van der Waals surface area contributed by atoms with Crippen molar-refractivity contribution < 1.29 is 14.8 Å². The molecule has 2 N–H and O–H groups in total. The van der Waals surface area contributed by atoms with E-state index in [4.69, 9.17) is 5.11 Å². The maximum absolute atomic E-state index is 11.6. The number of nitrogens with one attached hydrogen (secondary N) is 1. The Hall–Kier alpha value is -1.34. The molecule has 0 amide bonds. The number of carbonyl (C=O) groups is 1. The monoisotopic (exact) mass is 258 g/mol. The Morgan fingerprint density at radius 1 is 1.71 bits per heavy atom. The molecule has 1 atom stereocenters. The van der Waals surface area contributed by atoms with Gasteiger partial charge in [-0.15, -0.1) is 0 Å². The molecule has 0 aliphatic carbocycles. The van der Waals surface area contributed by atoms with Crippen LogP contribution in [-0.2, 0) is 0 Å². The van der Waals surface area contributed by atoms with Crippen LogP contribution in [0.3, 0.4) is 0 Å². The predicted octanol–water partition coefficient (Wildman–Crippen LogP) is 1.47. The number of aromatic amines is 1. The topological polar surface area (TPSA) is 96.2 Å². The van der Waals surface area contributed by atoms with Crippen molar-refractivity contribution in [3.8, 4) is 0 Å². The molecule has 0 aliphatic rings. The lowest BCUT2D eigenvalue weighted by molar-refractivity contribution is -0.384. The number of Topliss-reactive ketones (excluding diaryl/α,β-unsaturated/α-hetero) is 1. The van der Waals surface area contributed by atoms with Gasteiger partial charge in [-0.25, -0.2) is 0 Å². The van der Waals surface area contributed by atoms with E-state index >= 15 is 0 Å². The van der Waals surface area contributed by atoms with E-state index in [0.717, 1.165) is 0 Å². The molecule has 0 aliphatic heterocycles. The molecule has 0 spiro atoms. The van der Waals surface area contributed by atoms with Gasteiger partial charge in [-0.05, 0) is 11.7 Å². The van der Waals surface area contributed by atoms with Gasteiger partial charge in [0.15, 0.2) is 5.78 Å². The van der Waals surface area contributed by atoms with E-state index < -0.39 is 4.92 Å². The van der Waals surface area contributed by atoms with Gasteiger partial charge in [0.25, 0.3) is 5.69 Å². The Balaban J connectivity index is 2.44. The SMILES string of the molecule is CC(CO)CSCC(=O)c1cc([N+](=O)[O-])c[nH]1. The highest BCUT2D eigenvalue weighted by Crippen LogP contribution is 2.15. The number of aliphatic hydroxyl groups excluding tert-OH is 1. The zero-order chi connectivity index (χ0) is 12.8. The molecule has 94 valence electrons. The summed E-state index contributed by atoms with van der Waals surface area (Å²) in [5, 5.41) is 19.2. The lowest BCUT2D eigenvalue weighted by atomic mass is 10.2. The zero-order valence-corrected chi connectivity index (χ0v) is 10.2. The minimum atomic E-state index is -0.547. The maximum Gasteiger partial charge on any atom is 0.287 e. The van der Waals surface area contributed by atoms with E-state index in [2.05, 4.69) is 4.98 Å². The molecule has 0 bridgehead atoms. The van der Waals surface area contributed by atoms with Crippen LogP contribution in [0.1, 0.15) is 17.4 Å². The van der Waals surface area contributed by atoms with E-state index in [1.54, 1.807) is 0 Å². The smallest absolute Gasteiger partial charge is 0.287 e. The Labute approximate surface area is 103 Å². The van der Waals surface area contributed by atoms with Crippen LogP contribution >= 0.6 is 11.8 Å². The van der Waals surface area contributed by atoms with Crippen LogP contribution in [0.15, 0.2) is 12.3 Å². The van der Waals surface area contributed by atoms with Gasteiger partial charge < -0.3 is 10.1 Å². The first-order chi connectivity index (χ1) is 8.04. The van der Waals surface area contributed by atoms with Crippen molar-refractivity contribution >= 4 is 23.2 Å². The first kappa shape index (κ1) is 13.7. The molecule has 7 heteroatoms. The highest BCUT2D eigenvalue weighted by molar-refractivity contribution is 7.99. The van der Waals surface area contributed by atoms with Gasteiger partial charge in [-0.2, -0.15) is 11.8 Å². The maximum atomic E-state index is 11.6. The Bertz CT molecular complexity index is 405. The summed E-state index contributed by atoms with van der Waals surface area (Å²) >= 11 is 1.41. The zero-order valence-electron chi connectivity index (χ0n) is 9.38. The molecule has 6 nitrogen and oxygen atoms in total. The molecule has 17 heavy (non-hydrogen) atoms. The summed E-state index contributed by atoms with van der Waals surface area (Å²) in [6.45, 7) is 1.98. The predicted molar refractivity (Wildman–Crippen MR) is 65.4 cm³/mol. The standard InChI is InChI=1S/C10H14N2O4S/c1-7(4-13)5-17-6-10(14)9-2-8(3-11-9)12(15)16/h2-3,7,11,13H,4-6H2,1H3. The highest BCUT2D eigenvalue weighted by Gasteiger charge is 2.14. The molecule has 1 aromatic heterocycles. The number of aliphatic hydroxyl groups is 1. The van der Waals surface area contributed by atoms with Crippen LogP contribution in [-0.4, -0.2) is 38.9 Å². The van der Waals surface area contributed by atoms with Crippen LogP contribution in [0, 0.1) is 16.0 Å². The Morgan fingerprint density at radius 2 is 2.41 bits per heavy atom. The quantitative estimate of drug-likeness (QED) is 0.438. The third kappa shape index (κ3) is 4.20. The molecule has 0 aromatic carbocycles. The van der Waals surface area contributed by atoms with E-state index in [9.17, 15) is 14.9 Å². The Kier molecular flexibility index (Phi) is 5.17. The third-order valence-corrected chi connectivity index (χ3v) is 3.40. The molecule has 1 unspecified atom stereocenters. The molecule has 1 rings (SSSR count). The fourth-order valence-corrected chi connectivity index (χ4v) is 2.10. The van der Waals surface area contributed by atoms with E-state index in [1.807, 2.05) is 6.92 Å². The fraction of sp³-hybridized carbons (Fsp3) is 0.500. The van der Waals surface area contributed by atoms with Gasteiger partial charge in [-0.3, -0.25) is 14.9 Å². The number of ketones is 1. The first-order valence-electron chi connectivity index (χ1n) is 5.09.